The molecule has 0 amide bonds. The molecule has 0 aromatic carbocycles. The Morgan fingerprint density at radius 3 is 2.23 bits per heavy atom. The predicted molar refractivity (Wildman–Crippen MR) is 89.5 cm³/mol. The lowest BCUT2D eigenvalue weighted by Crippen LogP contribution is -2.75. The third-order valence-electron chi connectivity index (χ3n) is 8.11. The number of aliphatic hydroxyl groups is 5. The first-order valence-electron chi connectivity index (χ1n) is 9.27. The van der Waals surface area contributed by atoms with Crippen molar-refractivity contribution in [2.24, 2.45) is 34.5 Å². The molecule has 7 heteroatoms. The molecule has 4 aliphatic rings. The SMILES string of the molecule is C=C1C[C@H](O)[C@@H](O)[C@@]2(C)C1[C@@H](O)[C@H]1OC(=O)C3[C@@H](C)[C@@H](O)C(O)C2[C@]31C. The fourth-order valence-corrected chi connectivity index (χ4v) is 7.16. The second-order valence-corrected chi connectivity index (χ2v) is 9.23. The summed E-state index contributed by atoms with van der Waals surface area (Å²) in [6.45, 7) is 9.16. The molecule has 0 bridgehead atoms. The van der Waals surface area contributed by atoms with Crippen LogP contribution in [0.3, 0.4) is 0 Å². The van der Waals surface area contributed by atoms with Crippen molar-refractivity contribution in [3.05, 3.63) is 12.2 Å². The topological polar surface area (TPSA) is 127 Å². The van der Waals surface area contributed by atoms with Crippen LogP contribution in [0.25, 0.3) is 0 Å². The quantitative estimate of drug-likeness (QED) is 0.280. The average Bonchev–Trinajstić information content (AvgIpc) is 2.81. The molecular weight excluding hydrogens is 340 g/mol. The van der Waals surface area contributed by atoms with Crippen molar-refractivity contribution < 1.29 is 35.1 Å². The average molecular weight is 368 g/mol. The number of hydrogen-bond donors (Lipinski definition) is 5. The molecule has 0 aromatic heterocycles. The summed E-state index contributed by atoms with van der Waals surface area (Å²) in [7, 11) is 0. The zero-order chi connectivity index (χ0) is 19.3. The molecule has 5 N–H and O–H groups in total. The minimum atomic E-state index is -1.23. The Bertz CT molecular complexity index is 664. The first-order chi connectivity index (χ1) is 12.0. The van der Waals surface area contributed by atoms with Crippen molar-refractivity contribution in [1.29, 1.82) is 0 Å². The molecule has 4 fully saturated rings. The van der Waals surface area contributed by atoms with E-state index < -0.39 is 77.1 Å². The Morgan fingerprint density at radius 1 is 1.00 bits per heavy atom. The predicted octanol–water partition coefficient (Wildman–Crippen LogP) is -0.799. The van der Waals surface area contributed by atoms with Gasteiger partial charge in [0.1, 0.15) is 6.10 Å². The van der Waals surface area contributed by atoms with E-state index in [0.29, 0.717) is 5.57 Å². The van der Waals surface area contributed by atoms with Gasteiger partial charge in [0, 0.05) is 22.7 Å². The van der Waals surface area contributed by atoms with E-state index in [9.17, 15) is 30.3 Å². The van der Waals surface area contributed by atoms with Crippen molar-refractivity contribution in [2.75, 3.05) is 0 Å². The van der Waals surface area contributed by atoms with Gasteiger partial charge in [-0.3, -0.25) is 4.79 Å². The van der Waals surface area contributed by atoms with E-state index in [0.717, 1.165) is 0 Å². The van der Waals surface area contributed by atoms with Gasteiger partial charge in [0.25, 0.3) is 0 Å². The second-order valence-electron chi connectivity index (χ2n) is 9.23. The van der Waals surface area contributed by atoms with Crippen molar-refractivity contribution >= 4 is 5.97 Å². The standard InChI is InChI=1S/C19H28O7/c1-6-5-8(20)15(24)18(3)9(6)12(22)16-19(4)10(17(25)26-16)7(2)11(21)13(23)14(18)19/h7-16,20-24H,1,5H2,2-4H3/t7-,8+,9?,10?,11-,12-,13?,14?,15-,16-,18+,19+/m1/s1. The number of carbonyl (C=O) groups excluding carboxylic acids is 1. The largest absolute Gasteiger partial charge is 0.459 e. The van der Waals surface area contributed by atoms with Crippen molar-refractivity contribution in [1.82, 2.24) is 0 Å². The summed E-state index contributed by atoms with van der Waals surface area (Å²) >= 11 is 0. The van der Waals surface area contributed by atoms with Crippen molar-refractivity contribution in [3.8, 4) is 0 Å². The number of hydrogen-bond acceptors (Lipinski definition) is 7. The maximum atomic E-state index is 12.6. The highest BCUT2D eigenvalue weighted by molar-refractivity contribution is 5.77. The van der Waals surface area contributed by atoms with Gasteiger partial charge in [-0.25, -0.2) is 0 Å². The maximum absolute atomic E-state index is 12.6. The third kappa shape index (κ3) is 1.79. The van der Waals surface area contributed by atoms with Gasteiger partial charge in [-0.2, -0.15) is 0 Å². The molecule has 1 heterocycles. The first-order valence-corrected chi connectivity index (χ1v) is 9.27. The van der Waals surface area contributed by atoms with Crippen LogP contribution in [0.1, 0.15) is 27.2 Å². The molecule has 0 spiro atoms. The first kappa shape index (κ1) is 18.4. The molecule has 12 atom stereocenters. The second kappa shape index (κ2) is 5.29. The number of carbonyl (C=O) groups is 1. The summed E-state index contributed by atoms with van der Waals surface area (Å²) in [4.78, 5) is 12.6. The number of aliphatic hydroxyl groups excluding tert-OH is 5. The molecule has 3 aliphatic carbocycles. The van der Waals surface area contributed by atoms with Crippen LogP contribution in [0.2, 0.25) is 0 Å². The molecule has 0 aromatic rings. The third-order valence-corrected chi connectivity index (χ3v) is 8.11. The van der Waals surface area contributed by atoms with Gasteiger partial charge < -0.3 is 30.3 Å². The lowest BCUT2D eigenvalue weighted by atomic mass is 9.38. The van der Waals surface area contributed by atoms with Gasteiger partial charge in [-0.05, 0) is 12.3 Å². The summed E-state index contributed by atoms with van der Waals surface area (Å²) < 4.78 is 5.57. The van der Waals surface area contributed by atoms with E-state index >= 15 is 0 Å². The summed E-state index contributed by atoms with van der Waals surface area (Å²) in [6.07, 6.45) is -6.54. The molecular formula is C19H28O7. The highest BCUT2D eigenvalue weighted by atomic mass is 16.6. The lowest BCUT2D eigenvalue weighted by molar-refractivity contribution is -0.283. The minimum Gasteiger partial charge on any atom is -0.459 e. The Labute approximate surface area is 152 Å². The summed E-state index contributed by atoms with van der Waals surface area (Å²) in [5.41, 5.74) is -1.58. The van der Waals surface area contributed by atoms with Crippen molar-refractivity contribution in [2.45, 2.75) is 63.8 Å². The lowest BCUT2D eigenvalue weighted by Gasteiger charge is -2.66. The van der Waals surface area contributed by atoms with E-state index in [-0.39, 0.29) is 6.42 Å². The monoisotopic (exact) mass is 368 g/mol. The van der Waals surface area contributed by atoms with E-state index in [1.165, 1.54) is 0 Å². The molecule has 4 rings (SSSR count). The van der Waals surface area contributed by atoms with Gasteiger partial charge in [0.2, 0.25) is 0 Å². The molecule has 26 heavy (non-hydrogen) atoms. The summed E-state index contributed by atoms with van der Waals surface area (Å²) in [5, 5.41) is 54.1. The van der Waals surface area contributed by atoms with Crippen LogP contribution in [-0.4, -0.2) is 68.1 Å². The van der Waals surface area contributed by atoms with Crippen LogP contribution in [0.4, 0.5) is 0 Å². The Kier molecular flexibility index (Phi) is 3.74. The van der Waals surface area contributed by atoms with Crippen LogP contribution in [0, 0.1) is 34.5 Å². The Morgan fingerprint density at radius 2 is 1.62 bits per heavy atom. The van der Waals surface area contributed by atoms with E-state index in [4.69, 9.17) is 4.74 Å². The van der Waals surface area contributed by atoms with Gasteiger partial charge in [0.05, 0.1) is 36.4 Å². The number of esters is 1. The van der Waals surface area contributed by atoms with Crippen LogP contribution < -0.4 is 0 Å². The van der Waals surface area contributed by atoms with Crippen LogP contribution in [-0.2, 0) is 9.53 Å². The Hall–Kier alpha value is -0.990. The highest BCUT2D eigenvalue weighted by Crippen LogP contribution is 2.69. The summed E-state index contributed by atoms with van der Waals surface area (Å²) in [6, 6.07) is 0. The molecule has 1 saturated heterocycles. The molecule has 146 valence electrons. The zero-order valence-electron chi connectivity index (χ0n) is 15.2. The molecule has 7 nitrogen and oxygen atoms in total. The molecule has 0 radical (unpaired) electrons. The molecule has 4 unspecified atom stereocenters. The Balaban J connectivity index is 1.97. The van der Waals surface area contributed by atoms with Crippen molar-refractivity contribution in [3.63, 3.8) is 0 Å². The van der Waals surface area contributed by atoms with E-state index in [1.807, 2.05) is 0 Å². The number of ether oxygens (including phenoxy) is 1. The van der Waals surface area contributed by atoms with Gasteiger partial charge >= 0.3 is 5.97 Å². The van der Waals surface area contributed by atoms with Crippen LogP contribution in [0.5, 0.6) is 0 Å². The van der Waals surface area contributed by atoms with Gasteiger partial charge in [0.15, 0.2) is 0 Å². The zero-order valence-corrected chi connectivity index (χ0v) is 15.2. The van der Waals surface area contributed by atoms with Gasteiger partial charge in [-0.1, -0.05) is 32.9 Å². The van der Waals surface area contributed by atoms with E-state index in [1.54, 1.807) is 20.8 Å². The molecule has 1 aliphatic heterocycles. The fraction of sp³-hybridized carbons (Fsp3) is 0.842. The summed E-state index contributed by atoms with van der Waals surface area (Å²) in [5.74, 6) is -3.17. The number of rotatable bonds is 0. The molecule has 3 saturated carbocycles. The van der Waals surface area contributed by atoms with Crippen LogP contribution >= 0.6 is 0 Å². The normalized spacial score (nSPS) is 61.7. The highest BCUT2D eigenvalue weighted by Gasteiger charge is 2.77. The fourth-order valence-electron chi connectivity index (χ4n) is 7.16. The smallest absolute Gasteiger partial charge is 0.310 e. The van der Waals surface area contributed by atoms with Gasteiger partial charge in [-0.15, -0.1) is 0 Å². The maximum Gasteiger partial charge on any atom is 0.310 e. The number of fused-ring (bicyclic) bond motifs is 2. The minimum absolute atomic E-state index is 0.126. The van der Waals surface area contributed by atoms with Crippen LogP contribution in [0.15, 0.2) is 12.2 Å². The van der Waals surface area contributed by atoms with E-state index in [2.05, 4.69) is 6.58 Å².